The number of hydrogen-bond acceptors (Lipinski definition) is 3. The van der Waals surface area contributed by atoms with Crippen LogP contribution in [0.5, 0.6) is 0 Å². The van der Waals surface area contributed by atoms with E-state index in [1.54, 1.807) is 13.8 Å². The minimum Gasteiger partial charge on any atom is -0.465 e. The minimum absolute atomic E-state index is 0.194. The summed E-state index contributed by atoms with van der Waals surface area (Å²) in [4.78, 5) is 10.8. The van der Waals surface area contributed by atoms with Crippen LogP contribution >= 0.6 is 0 Å². The number of rotatable bonds is 5. The summed E-state index contributed by atoms with van der Waals surface area (Å²) >= 11 is 0. The van der Waals surface area contributed by atoms with Crippen molar-refractivity contribution in [1.29, 1.82) is 0 Å². The predicted octanol–water partition coefficient (Wildman–Crippen LogP) is 0.497. The summed E-state index contributed by atoms with van der Waals surface area (Å²) in [6.07, 6.45) is 0. The van der Waals surface area contributed by atoms with E-state index in [1.165, 1.54) is 0 Å². The smallest absolute Gasteiger partial charge is 0.322 e. The van der Waals surface area contributed by atoms with Gasteiger partial charge in [-0.05, 0) is 13.8 Å². The molecule has 0 saturated carbocycles. The standard InChI is InChI=1S/C7H14FNO2/c1-3-11-7(10)6(2)9-5-4-8/h6,9H,3-5H2,1-2H3. The molecule has 11 heavy (non-hydrogen) atoms. The topological polar surface area (TPSA) is 38.3 Å². The molecule has 0 rings (SSSR count). The molecule has 0 aliphatic carbocycles. The van der Waals surface area contributed by atoms with Crippen molar-refractivity contribution in [2.24, 2.45) is 0 Å². The van der Waals surface area contributed by atoms with E-state index < -0.39 is 12.7 Å². The Bertz CT molecular complexity index is 119. The number of nitrogens with one attached hydrogen (secondary N) is 1. The highest BCUT2D eigenvalue weighted by Gasteiger charge is 2.11. The van der Waals surface area contributed by atoms with Gasteiger partial charge in [0.1, 0.15) is 12.7 Å². The van der Waals surface area contributed by atoms with Crippen molar-refractivity contribution in [3.8, 4) is 0 Å². The Balaban J connectivity index is 3.46. The van der Waals surface area contributed by atoms with Gasteiger partial charge in [0.05, 0.1) is 6.61 Å². The van der Waals surface area contributed by atoms with E-state index in [9.17, 15) is 9.18 Å². The fourth-order valence-electron chi connectivity index (χ4n) is 0.622. The molecule has 0 spiro atoms. The maximum absolute atomic E-state index is 11.6. The number of alkyl halides is 1. The molecule has 0 radical (unpaired) electrons. The molecular formula is C7H14FNO2. The average molecular weight is 163 g/mol. The van der Waals surface area contributed by atoms with Crippen LogP contribution in [0.1, 0.15) is 13.8 Å². The van der Waals surface area contributed by atoms with E-state index in [4.69, 9.17) is 0 Å². The van der Waals surface area contributed by atoms with Gasteiger partial charge in [0.15, 0.2) is 0 Å². The molecule has 1 N–H and O–H groups in total. The molecular weight excluding hydrogens is 149 g/mol. The zero-order chi connectivity index (χ0) is 8.69. The van der Waals surface area contributed by atoms with Gasteiger partial charge < -0.3 is 10.1 Å². The first-order chi connectivity index (χ1) is 5.22. The average Bonchev–Trinajstić information content (AvgIpc) is 2.00. The normalized spacial score (nSPS) is 12.6. The van der Waals surface area contributed by atoms with Crippen LogP contribution in [0.3, 0.4) is 0 Å². The van der Waals surface area contributed by atoms with Crippen molar-refractivity contribution >= 4 is 5.97 Å². The molecule has 0 amide bonds. The molecule has 0 aromatic carbocycles. The van der Waals surface area contributed by atoms with E-state index in [-0.39, 0.29) is 12.5 Å². The molecule has 0 aliphatic rings. The summed E-state index contributed by atoms with van der Waals surface area (Å²) in [5.41, 5.74) is 0. The van der Waals surface area contributed by atoms with Gasteiger partial charge in [-0.2, -0.15) is 0 Å². The number of halogens is 1. The Morgan fingerprint density at radius 3 is 2.82 bits per heavy atom. The molecule has 0 aromatic rings. The lowest BCUT2D eigenvalue weighted by molar-refractivity contribution is -0.145. The maximum atomic E-state index is 11.6. The van der Waals surface area contributed by atoms with Crippen molar-refractivity contribution in [3.05, 3.63) is 0 Å². The van der Waals surface area contributed by atoms with Crippen LogP contribution in [0.4, 0.5) is 4.39 Å². The van der Waals surface area contributed by atoms with Crippen molar-refractivity contribution in [1.82, 2.24) is 5.32 Å². The van der Waals surface area contributed by atoms with Gasteiger partial charge in [0, 0.05) is 6.54 Å². The Hall–Kier alpha value is -0.640. The van der Waals surface area contributed by atoms with Crippen LogP contribution in [0, 0.1) is 0 Å². The third-order valence-electron chi connectivity index (χ3n) is 1.19. The van der Waals surface area contributed by atoms with Gasteiger partial charge in [-0.1, -0.05) is 0 Å². The molecule has 0 heterocycles. The summed E-state index contributed by atoms with van der Waals surface area (Å²) in [5, 5.41) is 2.67. The van der Waals surface area contributed by atoms with Crippen LogP contribution in [0.15, 0.2) is 0 Å². The van der Waals surface area contributed by atoms with Crippen LogP contribution in [0.25, 0.3) is 0 Å². The fraction of sp³-hybridized carbons (Fsp3) is 0.857. The summed E-state index contributed by atoms with van der Waals surface area (Å²) in [6.45, 7) is 3.47. The molecule has 1 unspecified atom stereocenters. The molecule has 1 atom stereocenters. The monoisotopic (exact) mass is 163 g/mol. The summed E-state index contributed by atoms with van der Waals surface area (Å²) in [7, 11) is 0. The summed E-state index contributed by atoms with van der Waals surface area (Å²) in [6, 6.07) is -0.411. The Kier molecular flexibility index (Phi) is 5.74. The minimum atomic E-state index is -0.469. The lowest BCUT2D eigenvalue weighted by Gasteiger charge is -2.10. The lowest BCUT2D eigenvalue weighted by atomic mass is 10.3. The van der Waals surface area contributed by atoms with E-state index in [2.05, 4.69) is 10.1 Å². The van der Waals surface area contributed by atoms with Gasteiger partial charge in [-0.3, -0.25) is 4.79 Å². The van der Waals surface area contributed by atoms with Crippen LogP contribution in [-0.2, 0) is 9.53 Å². The first kappa shape index (κ1) is 10.4. The number of carbonyl (C=O) groups is 1. The summed E-state index contributed by atoms with van der Waals surface area (Å²) in [5.74, 6) is -0.332. The molecule has 0 bridgehead atoms. The Morgan fingerprint density at radius 2 is 2.36 bits per heavy atom. The van der Waals surface area contributed by atoms with Crippen molar-refractivity contribution in [2.75, 3.05) is 19.8 Å². The molecule has 0 aliphatic heterocycles. The zero-order valence-corrected chi connectivity index (χ0v) is 6.89. The highest BCUT2D eigenvalue weighted by Crippen LogP contribution is 1.86. The molecule has 3 nitrogen and oxygen atoms in total. The third-order valence-corrected chi connectivity index (χ3v) is 1.19. The van der Waals surface area contributed by atoms with Crippen LogP contribution in [0.2, 0.25) is 0 Å². The van der Waals surface area contributed by atoms with E-state index in [0.717, 1.165) is 0 Å². The number of ether oxygens (including phenoxy) is 1. The van der Waals surface area contributed by atoms with Crippen molar-refractivity contribution < 1.29 is 13.9 Å². The van der Waals surface area contributed by atoms with Crippen LogP contribution in [-0.4, -0.2) is 31.8 Å². The summed E-state index contributed by atoms with van der Waals surface area (Å²) < 4.78 is 16.3. The van der Waals surface area contributed by atoms with Crippen LogP contribution < -0.4 is 5.32 Å². The molecule has 66 valence electrons. The molecule has 0 saturated heterocycles. The number of esters is 1. The highest BCUT2D eigenvalue weighted by molar-refractivity contribution is 5.75. The second kappa shape index (κ2) is 6.09. The van der Waals surface area contributed by atoms with Gasteiger partial charge in [-0.15, -0.1) is 0 Å². The Morgan fingerprint density at radius 1 is 1.73 bits per heavy atom. The highest BCUT2D eigenvalue weighted by atomic mass is 19.1. The fourth-order valence-corrected chi connectivity index (χ4v) is 0.622. The predicted molar refractivity (Wildman–Crippen MR) is 40.1 cm³/mol. The second-order valence-electron chi connectivity index (χ2n) is 2.12. The largest absolute Gasteiger partial charge is 0.465 e. The van der Waals surface area contributed by atoms with Gasteiger partial charge >= 0.3 is 5.97 Å². The molecule has 0 fully saturated rings. The van der Waals surface area contributed by atoms with E-state index in [1.807, 2.05) is 0 Å². The number of hydrogen-bond donors (Lipinski definition) is 1. The van der Waals surface area contributed by atoms with E-state index in [0.29, 0.717) is 6.61 Å². The first-order valence-corrected chi connectivity index (χ1v) is 3.68. The maximum Gasteiger partial charge on any atom is 0.322 e. The first-order valence-electron chi connectivity index (χ1n) is 3.68. The lowest BCUT2D eigenvalue weighted by Crippen LogP contribution is -2.36. The zero-order valence-electron chi connectivity index (χ0n) is 6.89. The number of carbonyl (C=O) groups excluding carboxylic acids is 1. The molecule has 0 aromatic heterocycles. The second-order valence-corrected chi connectivity index (χ2v) is 2.12. The Labute approximate surface area is 65.9 Å². The van der Waals surface area contributed by atoms with Crippen molar-refractivity contribution in [3.63, 3.8) is 0 Å². The van der Waals surface area contributed by atoms with Crippen molar-refractivity contribution in [2.45, 2.75) is 19.9 Å². The SMILES string of the molecule is CCOC(=O)C(C)NCCF. The van der Waals surface area contributed by atoms with Gasteiger partial charge in [0.2, 0.25) is 0 Å². The van der Waals surface area contributed by atoms with Gasteiger partial charge in [-0.25, -0.2) is 4.39 Å². The third kappa shape index (κ3) is 4.72. The van der Waals surface area contributed by atoms with Gasteiger partial charge in [0.25, 0.3) is 0 Å². The molecule has 4 heteroatoms. The van der Waals surface area contributed by atoms with E-state index >= 15 is 0 Å². The quantitative estimate of drug-likeness (QED) is 0.600.